The van der Waals surface area contributed by atoms with Gasteiger partial charge in [-0.15, -0.1) is 0 Å². The number of benzene rings is 1. The number of aryl methyl sites for hydroxylation is 4. The van der Waals surface area contributed by atoms with E-state index in [0.29, 0.717) is 6.04 Å². The number of nitrogens with one attached hydrogen (secondary N) is 1. The van der Waals surface area contributed by atoms with Crippen molar-refractivity contribution in [3.8, 4) is 0 Å². The maximum atomic E-state index is 4.46. The van der Waals surface area contributed by atoms with E-state index in [1.165, 1.54) is 22.4 Å². The molecule has 1 aromatic carbocycles. The maximum absolute atomic E-state index is 4.46. The Kier molecular flexibility index (Phi) is 4.61. The molecule has 1 unspecified atom stereocenters. The lowest BCUT2D eigenvalue weighted by molar-refractivity contribution is 0.507. The molecule has 0 saturated heterocycles. The zero-order chi connectivity index (χ0) is 14.7. The Labute approximate surface area is 122 Å². The highest BCUT2D eigenvalue weighted by Crippen LogP contribution is 2.20. The van der Waals surface area contributed by atoms with E-state index in [9.17, 15) is 0 Å². The van der Waals surface area contributed by atoms with E-state index in [2.05, 4.69) is 55.5 Å². The fourth-order valence-corrected chi connectivity index (χ4v) is 2.65. The number of hydrogen-bond acceptors (Lipinski definition) is 2. The minimum atomic E-state index is 0.313. The Hall–Kier alpha value is -1.61. The fourth-order valence-electron chi connectivity index (χ4n) is 2.65. The summed E-state index contributed by atoms with van der Waals surface area (Å²) in [5, 5.41) is 8.04. The molecule has 0 aliphatic carbocycles. The number of rotatable bonds is 5. The van der Waals surface area contributed by atoms with E-state index in [-0.39, 0.29) is 0 Å². The first-order valence-electron chi connectivity index (χ1n) is 7.31. The van der Waals surface area contributed by atoms with Crippen molar-refractivity contribution < 1.29 is 0 Å². The molecule has 0 amide bonds. The van der Waals surface area contributed by atoms with E-state index in [1.807, 2.05) is 18.7 Å². The quantitative estimate of drug-likeness (QED) is 0.904. The van der Waals surface area contributed by atoms with Gasteiger partial charge in [0.25, 0.3) is 0 Å². The molecule has 1 heterocycles. The third-order valence-corrected chi connectivity index (χ3v) is 3.86. The number of likely N-dealkylation sites (N-methyl/N-ethyl adjacent to an activating group) is 1. The van der Waals surface area contributed by atoms with Crippen LogP contribution in [0.3, 0.4) is 0 Å². The van der Waals surface area contributed by atoms with Crippen LogP contribution < -0.4 is 5.32 Å². The van der Waals surface area contributed by atoms with E-state index in [4.69, 9.17) is 0 Å². The van der Waals surface area contributed by atoms with Gasteiger partial charge in [-0.1, -0.05) is 25.1 Å². The van der Waals surface area contributed by atoms with Gasteiger partial charge in [0.2, 0.25) is 0 Å². The normalized spacial score (nSPS) is 12.7. The van der Waals surface area contributed by atoms with Crippen LogP contribution in [0.1, 0.15) is 41.0 Å². The third kappa shape index (κ3) is 3.28. The van der Waals surface area contributed by atoms with Crippen LogP contribution in [0.15, 0.2) is 24.3 Å². The summed E-state index contributed by atoms with van der Waals surface area (Å²) in [6.07, 6.45) is 0.994. The van der Waals surface area contributed by atoms with Crippen LogP contribution in [-0.2, 0) is 13.5 Å². The summed E-state index contributed by atoms with van der Waals surface area (Å²) >= 11 is 0. The molecule has 20 heavy (non-hydrogen) atoms. The number of hydrogen-bond donors (Lipinski definition) is 1. The van der Waals surface area contributed by atoms with Crippen LogP contribution in [0.4, 0.5) is 0 Å². The number of aromatic nitrogens is 2. The molecule has 0 fully saturated rings. The lowest BCUT2D eigenvalue weighted by atomic mass is 9.99. The molecule has 2 rings (SSSR count). The van der Waals surface area contributed by atoms with Crippen LogP contribution >= 0.6 is 0 Å². The lowest BCUT2D eigenvalue weighted by Gasteiger charge is -2.19. The van der Waals surface area contributed by atoms with Crippen LogP contribution in [0.2, 0.25) is 0 Å². The van der Waals surface area contributed by atoms with Gasteiger partial charge in [-0.2, -0.15) is 5.10 Å². The summed E-state index contributed by atoms with van der Waals surface area (Å²) < 4.78 is 1.99. The predicted molar refractivity (Wildman–Crippen MR) is 84.0 cm³/mol. The van der Waals surface area contributed by atoms with Crippen molar-refractivity contribution >= 4 is 0 Å². The van der Waals surface area contributed by atoms with Crippen molar-refractivity contribution in [2.24, 2.45) is 7.05 Å². The molecule has 0 aliphatic rings. The molecule has 3 heteroatoms. The summed E-state index contributed by atoms with van der Waals surface area (Å²) in [4.78, 5) is 0. The van der Waals surface area contributed by atoms with Gasteiger partial charge in [-0.05, 0) is 56.5 Å². The van der Waals surface area contributed by atoms with E-state index in [1.54, 1.807) is 0 Å². The molecular weight excluding hydrogens is 246 g/mol. The van der Waals surface area contributed by atoms with Crippen LogP contribution in [0.5, 0.6) is 0 Å². The molecule has 0 bridgehead atoms. The van der Waals surface area contributed by atoms with E-state index < -0.39 is 0 Å². The third-order valence-electron chi connectivity index (χ3n) is 3.86. The fraction of sp³-hybridized carbons (Fsp3) is 0.471. The molecule has 2 aromatic rings. The monoisotopic (exact) mass is 271 g/mol. The highest BCUT2D eigenvalue weighted by Gasteiger charge is 2.16. The zero-order valence-electron chi connectivity index (χ0n) is 13.2. The molecule has 0 spiro atoms. The van der Waals surface area contributed by atoms with Crippen LogP contribution in [0, 0.1) is 20.8 Å². The van der Waals surface area contributed by atoms with Crippen molar-refractivity contribution in [2.75, 3.05) is 6.54 Å². The average Bonchev–Trinajstić information content (AvgIpc) is 2.72. The Bertz CT molecular complexity index is 584. The van der Waals surface area contributed by atoms with Crippen molar-refractivity contribution in [3.63, 3.8) is 0 Å². The van der Waals surface area contributed by atoms with Crippen molar-refractivity contribution in [3.05, 3.63) is 52.3 Å². The first kappa shape index (κ1) is 14.8. The SMILES string of the molecule is CCNC(Cc1ccc(C)c(C)c1)c1cc(C)nn1C. The molecule has 108 valence electrons. The van der Waals surface area contributed by atoms with Crippen LogP contribution in [0.25, 0.3) is 0 Å². The van der Waals surface area contributed by atoms with Gasteiger partial charge in [0, 0.05) is 7.05 Å². The Balaban J connectivity index is 2.25. The second-order valence-electron chi connectivity index (χ2n) is 5.57. The van der Waals surface area contributed by atoms with Crippen LogP contribution in [-0.4, -0.2) is 16.3 Å². The van der Waals surface area contributed by atoms with Gasteiger partial charge in [0.05, 0.1) is 17.4 Å². The molecule has 0 radical (unpaired) electrons. The highest BCUT2D eigenvalue weighted by molar-refractivity contribution is 5.31. The molecular formula is C17H25N3. The predicted octanol–water partition coefficient (Wildman–Crippen LogP) is 3.24. The summed E-state index contributed by atoms with van der Waals surface area (Å²) in [6.45, 7) is 9.49. The minimum Gasteiger partial charge on any atom is -0.309 e. The van der Waals surface area contributed by atoms with Crippen molar-refractivity contribution in [1.29, 1.82) is 0 Å². The van der Waals surface area contributed by atoms with Gasteiger partial charge in [-0.25, -0.2) is 0 Å². The molecule has 1 aromatic heterocycles. The maximum Gasteiger partial charge on any atom is 0.0597 e. The highest BCUT2D eigenvalue weighted by atomic mass is 15.3. The summed E-state index contributed by atoms with van der Waals surface area (Å²) in [7, 11) is 2.02. The number of nitrogens with zero attached hydrogens (tertiary/aromatic N) is 2. The molecule has 0 saturated carbocycles. The second kappa shape index (κ2) is 6.23. The molecule has 1 N–H and O–H groups in total. The Morgan fingerprint density at radius 2 is 1.90 bits per heavy atom. The van der Waals surface area contributed by atoms with Gasteiger partial charge in [-0.3, -0.25) is 4.68 Å². The van der Waals surface area contributed by atoms with Crippen molar-refractivity contribution in [2.45, 2.75) is 40.2 Å². The largest absolute Gasteiger partial charge is 0.309 e. The second-order valence-corrected chi connectivity index (χ2v) is 5.57. The Morgan fingerprint density at radius 1 is 1.15 bits per heavy atom. The first-order chi connectivity index (χ1) is 9.51. The minimum absolute atomic E-state index is 0.313. The molecule has 3 nitrogen and oxygen atoms in total. The first-order valence-corrected chi connectivity index (χ1v) is 7.31. The van der Waals surface area contributed by atoms with Gasteiger partial charge in [0.15, 0.2) is 0 Å². The van der Waals surface area contributed by atoms with Gasteiger partial charge < -0.3 is 5.32 Å². The Morgan fingerprint density at radius 3 is 2.45 bits per heavy atom. The van der Waals surface area contributed by atoms with E-state index in [0.717, 1.165) is 18.7 Å². The zero-order valence-corrected chi connectivity index (χ0v) is 13.2. The molecule has 1 atom stereocenters. The van der Waals surface area contributed by atoms with Gasteiger partial charge in [0.1, 0.15) is 0 Å². The lowest BCUT2D eigenvalue weighted by Crippen LogP contribution is -2.25. The summed E-state index contributed by atoms with van der Waals surface area (Å²) in [5.41, 5.74) is 6.41. The molecule has 0 aliphatic heterocycles. The van der Waals surface area contributed by atoms with Gasteiger partial charge >= 0.3 is 0 Å². The topological polar surface area (TPSA) is 29.9 Å². The standard InChI is InChI=1S/C17H25N3/c1-6-18-16(17-10-14(4)19-20(17)5)11-15-8-7-12(2)13(3)9-15/h7-10,16,18H,6,11H2,1-5H3. The van der Waals surface area contributed by atoms with Crippen molar-refractivity contribution in [1.82, 2.24) is 15.1 Å². The summed E-state index contributed by atoms with van der Waals surface area (Å²) in [5.74, 6) is 0. The summed E-state index contributed by atoms with van der Waals surface area (Å²) in [6, 6.07) is 9.23. The smallest absolute Gasteiger partial charge is 0.0597 e. The van der Waals surface area contributed by atoms with E-state index >= 15 is 0 Å². The average molecular weight is 271 g/mol.